The van der Waals surface area contributed by atoms with Gasteiger partial charge >= 0.3 is 0 Å². The highest BCUT2D eigenvalue weighted by Crippen LogP contribution is 2.23. The lowest BCUT2D eigenvalue weighted by Gasteiger charge is -2.17. The molecule has 2 rings (SSSR count). The monoisotopic (exact) mass is 231 g/mol. The molecule has 0 atom stereocenters. The van der Waals surface area contributed by atoms with E-state index in [-0.39, 0.29) is 0 Å². The Kier molecular flexibility index (Phi) is 3.82. The predicted octanol–water partition coefficient (Wildman–Crippen LogP) is 3.79. The molecule has 1 aliphatic carbocycles. The molecule has 1 N–H and O–H groups in total. The first-order chi connectivity index (χ1) is 8.20. The van der Waals surface area contributed by atoms with Gasteiger partial charge in [-0.15, -0.1) is 0 Å². The normalized spacial score (nSPS) is 16.1. The van der Waals surface area contributed by atoms with E-state index in [4.69, 9.17) is 5.21 Å². The van der Waals surface area contributed by atoms with Crippen LogP contribution in [0.4, 0.5) is 0 Å². The molecule has 0 bridgehead atoms. The zero-order chi connectivity index (χ0) is 12.3. The fourth-order valence-electron chi connectivity index (χ4n) is 2.52. The average molecular weight is 231 g/mol. The van der Waals surface area contributed by atoms with Crippen molar-refractivity contribution in [3.8, 4) is 0 Å². The van der Waals surface area contributed by atoms with Gasteiger partial charge in [0.1, 0.15) is 0 Å². The van der Waals surface area contributed by atoms with Crippen molar-refractivity contribution in [3.05, 3.63) is 34.9 Å². The van der Waals surface area contributed by atoms with Crippen LogP contribution in [0.1, 0.15) is 49.8 Å². The molecule has 1 aromatic rings. The van der Waals surface area contributed by atoms with Gasteiger partial charge in [0.15, 0.2) is 0 Å². The standard InChI is InChI=1S/C15H21NO/c1-11(2)9-15(16-17)14-8-7-12-5-3-4-6-13(12)10-14/h7-8,10-11,17H,3-6,9H2,1-2H3/b16-15-. The maximum Gasteiger partial charge on any atom is 0.0870 e. The molecule has 0 saturated carbocycles. The smallest absolute Gasteiger partial charge is 0.0870 e. The largest absolute Gasteiger partial charge is 0.411 e. The zero-order valence-electron chi connectivity index (χ0n) is 10.7. The van der Waals surface area contributed by atoms with Crippen LogP contribution >= 0.6 is 0 Å². The van der Waals surface area contributed by atoms with Crippen LogP contribution in [0.2, 0.25) is 0 Å². The Hall–Kier alpha value is -1.31. The summed E-state index contributed by atoms with van der Waals surface area (Å²) in [5.74, 6) is 0.511. The van der Waals surface area contributed by atoms with Crippen LogP contribution in [0.3, 0.4) is 0 Å². The van der Waals surface area contributed by atoms with Gasteiger partial charge in [-0.2, -0.15) is 0 Å². The molecule has 0 spiro atoms. The SMILES string of the molecule is CC(C)C/C(=N/O)c1ccc2c(c1)CCCC2. The molecular formula is C15H21NO. The summed E-state index contributed by atoms with van der Waals surface area (Å²) in [6.45, 7) is 4.28. The molecule has 2 heteroatoms. The third kappa shape index (κ3) is 2.87. The van der Waals surface area contributed by atoms with Crippen molar-refractivity contribution in [1.29, 1.82) is 0 Å². The van der Waals surface area contributed by atoms with Crippen LogP contribution in [-0.4, -0.2) is 10.9 Å². The van der Waals surface area contributed by atoms with Gasteiger partial charge in [-0.1, -0.05) is 31.1 Å². The summed E-state index contributed by atoms with van der Waals surface area (Å²) < 4.78 is 0. The maximum absolute atomic E-state index is 9.12. The summed E-state index contributed by atoms with van der Waals surface area (Å²) in [6.07, 6.45) is 5.79. The molecule has 0 radical (unpaired) electrons. The van der Waals surface area contributed by atoms with Crippen LogP contribution in [-0.2, 0) is 12.8 Å². The van der Waals surface area contributed by atoms with Crippen LogP contribution in [0.15, 0.2) is 23.4 Å². The zero-order valence-corrected chi connectivity index (χ0v) is 10.7. The third-order valence-corrected chi connectivity index (χ3v) is 3.40. The van der Waals surface area contributed by atoms with Crippen LogP contribution < -0.4 is 0 Å². The van der Waals surface area contributed by atoms with Crippen LogP contribution in [0.5, 0.6) is 0 Å². The van der Waals surface area contributed by atoms with E-state index in [1.54, 1.807) is 0 Å². The Bertz CT molecular complexity index is 421. The summed E-state index contributed by atoms with van der Waals surface area (Å²) in [6, 6.07) is 6.52. The van der Waals surface area contributed by atoms with E-state index >= 15 is 0 Å². The first kappa shape index (κ1) is 12.2. The predicted molar refractivity (Wildman–Crippen MR) is 70.9 cm³/mol. The Morgan fingerprint density at radius 1 is 1.24 bits per heavy atom. The van der Waals surface area contributed by atoms with E-state index in [0.717, 1.165) is 17.7 Å². The lowest BCUT2D eigenvalue weighted by atomic mass is 9.88. The van der Waals surface area contributed by atoms with Crippen LogP contribution in [0, 0.1) is 5.92 Å². The highest BCUT2D eigenvalue weighted by atomic mass is 16.4. The number of oxime groups is 1. The molecule has 17 heavy (non-hydrogen) atoms. The highest BCUT2D eigenvalue weighted by molar-refractivity contribution is 6.00. The second kappa shape index (κ2) is 5.35. The van der Waals surface area contributed by atoms with Crippen molar-refractivity contribution in [1.82, 2.24) is 0 Å². The van der Waals surface area contributed by atoms with Crippen molar-refractivity contribution < 1.29 is 5.21 Å². The topological polar surface area (TPSA) is 32.6 Å². The van der Waals surface area contributed by atoms with Gasteiger partial charge in [0.2, 0.25) is 0 Å². The fraction of sp³-hybridized carbons (Fsp3) is 0.533. The molecule has 0 heterocycles. The lowest BCUT2D eigenvalue weighted by molar-refractivity contribution is 0.317. The molecule has 0 aliphatic heterocycles. The summed E-state index contributed by atoms with van der Waals surface area (Å²) in [5, 5.41) is 12.6. The molecule has 0 fully saturated rings. The quantitative estimate of drug-likeness (QED) is 0.479. The van der Waals surface area contributed by atoms with Gasteiger partial charge < -0.3 is 5.21 Å². The Morgan fingerprint density at radius 2 is 1.94 bits per heavy atom. The molecule has 0 aromatic heterocycles. The molecule has 1 aliphatic rings. The van der Waals surface area contributed by atoms with E-state index in [9.17, 15) is 0 Å². The molecular weight excluding hydrogens is 210 g/mol. The van der Waals surface area contributed by atoms with E-state index in [0.29, 0.717) is 5.92 Å². The maximum atomic E-state index is 9.12. The number of aryl methyl sites for hydroxylation is 2. The van der Waals surface area contributed by atoms with Gasteiger partial charge in [-0.05, 0) is 60.8 Å². The minimum atomic E-state index is 0.511. The number of nitrogens with zero attached hydrogens (tertiary/aromatic N) is 1. The number of hydrogen-bond acceptors (Lipinski definition) is 2. The van der Waals surface area contributed by atoms with Gasteiger partial charge in [-0.3, -0.25) is 0 Å². The third-order valence-electron chi connectivity index (χ3n) is 3.40. The Labute approximate surface area is 103 Å². The Morgan fingerprint density at radius 3 is 2.59 bits per heavy atom. The Balaban J connectivity index is 2.26. The van der Waals surface area contributed by atoms with Crippen molar-refractivity contribution >= 4 is 5.71 Å². The fourth-order valence-corrected chi connectivity index (χ4v) is 2.52. The first-order valence-corrected chi connectivity index (χ1v) is 6.54. The summed E-state index contributed by atoms with van der Waals surface area (Å²) in [7, 11) is 0. The number of rotatable bonds is 3. The second-order valence-electron chi connectivity index (χ2n) is 5.34. The molecule has 2 nitrogen and oxygen atoms in total. The minimum Gasteiger partial charge on any atom is -0.411 e. The highest BCUT2D eigenvalue weighted by Gasteiger charge is 2.13. The minimum absolute atomic E-state index is 0.511. The molecule has 92 valence electrons. The van der Waals surface area contributed by atoms with Gasteiger partial charge in [-0.25, -0.2) is 0 Å². The van der Waals surface area contributed by atoms with E-state index in [1.165, 1.54) is 36.8 Å². The number of fused-ring (bicyclic) bond motifs is 1. The molecule has 1 aromatic carbocycles. The second-order valence-corrected chi connectivity index (χ2v) is 5.34. The van der Waals surface area contributed by atoms with Gasteiger partial charge in [0.25, 0.3) is 0 Å². The molecule has 0 unspecified atom stereocenters. The van der Waals surface area contributed by atoms with Gasteiger partial charge in [0, 0.05) is 0 Å². The molecule has 0 saturated heterocycles. The van der Waals surface area contributed by atoms with Crippen molar-refractivity contribution in [2.24, 2.45) is 11.1 Å². The summed E-state index contributed by atoms with van der Waals surface area (Å²) >= 11 is 0. The van der Waals surface area contributed by atoms with Crippen LogP contribution in [0.25, 0.3) is 0 Å². The summed E-state index contributed by atoms with van der Waals surface area (Å²) in [5.41, 5.74) is 4.82. The summed E-state index contributed by atoms with van der Waals surface area (Å²) in [4.78, 5) is 0. The van der Waals surface area contributed by atoms with Crippen molar-refractivity contribution in [2.75, 3.05) is 0 Å². The van der Waals surface area contributed by atoms with E-state index < -0.39 is 0 Å². The van der Waals surface area contributed by atoms with Gasteiger partial charge in [0.05, 0.1) is 5.71 Å². The number of hydrogen-bond donors (Lipinski definition) is 1. The number of benzene rings is 1. The molecule has 0 amide bonds. The van der Waals surface area contributed by atoms with E-state index in [1.807, 2.05) is 0 Å². The van der Waals surface area contributed by atoms with Crippen molar-refractivity contribution in [2.45, 2.75) is 46.0 Å². The average Bonchev–Trinajstić information content (AvgIpc) is 2.35. The van der Waals surface area contributed by atoms with Crippen molar-refractivity contribution in [3.63, 3.8) is 0 Å². The van der Waals surface area contributed by atoms with E-state index in [2.05, 4.69) is 37.2 Å². The first-order valence-electron chi connectivity index (χ1n) is 6.54. The lowest BCUT2D eigenvalue weighted by Crippen LogP contribution is -2.09.